The van der Waals surface area contributed by atoms with Crippen molar-refractivity contribution in [2.75, 3.05) is 31.5 Å². The predicted molar refractivity (Wildman–Crippen MR) is 90.0 cm³/mol. The summed E-state index contributed by atoms with van der Waals surface area (Å²) < 4.78 is 53.9. The number of rotatable bonds is 7. The van der Waals surface area contributed by atoms with Gasteiger partial charge in [0.15, 0.2) is 19.7 Å². The van der Waals surface area contributed by atoms with E-state index in [0.717, 1.165) is 18.6 Å². The Morgan fingerprint density at radius 1 is 1.17 bits per heavy atom. The van der Waals surface area contributed by atoms with Gasteiger partial charge in [-0.05, 0) is 18.2 Å². The van der Waals surface area contributed by atoms with Gasteiger partial charge in [-0.1, -0.05) is 0 Å². The van der Waals surface area contributed by atoms with Crippen molar-refractivity contribution in [2.45, 2.75) is 16.3 Å². The summed E-state index contributed by atoms with van der Waals surface area (Å²) in [6.07, 6.45) is 5.31. The Morgan fingerprint density at radius 2 is 1.88 bits per heavy atom. The van der Waals surface area contributed by atoms with Crippen LogP contribution in [0.1, 0.15) is 0 Å². The number of hydrogen-bond donors (Lipinski definition) is 1. The monoisotopic (exact) mass is 373 g/mol. The molecule has 132 valence electrons. The highest BCUT2D eigenvalue weighted by atomic mass is 32.2. The van der Waals surface area contributed by atoms with E-state index in [1.165, 1.54) is 12.1 Å². The van der Waals surface area contributed by atoms with E-state index in [1.807, 2.05) is 0 Å². The molecule has 8 nitrogen and oxygen atoms in total. The molecule has 1 aromatic heterocycles. The zero-order valence-electron chi connectivity index (χ0n) is 13.6. The molecular weight excluding hydrogens is 354 g/mol. The van der Waals surface area contributed by atoms with Crippen LogP contribution in [0.4, 0.5) is 11.4 Å². The molecule has 1 N–H and O–H groups in total. The summed E-state index contributed by atoms with van der Waals surface area (Å²) in [5, 5.41) is 7.08. The second-order valence-electron chi connectivity index (χ2n) is 5.31. The molecule has 24 heavy (non-hydrogen) atoms. The van der Waals surface area contributed by atoms with Gasteiger partial charge in [-0.15, -0.1) is 0 Å². The fraction of sp³-hybridized carbons (Fsp3) is 0.357. The molecule has 0 unspecified atom stereocenters. The van der Waals surface area contributed by atoms with E-state index in [4.69, 9.17) is 4.74 Å². The average molecular weight is 373 g/mol. The Kier molecular flexibility index (Phi) is 5.31. The van der Waals surface area contributed by atoms with Gasteiger partial charge >= 0.3 is 0 Å². The molecule has 10 heteroatoms. The number of nitrogens with zero attached hydrogens (tertiary/aromatic N) is 2. The van der Waals surface area contributed by atoms with Crippen LogP contribution >= 0.6 is 0 Å². The largest absolute Gasteiger partial charge is 0.383 e. The first-order valence-corrected chi connectivity index (χ1v) is 10.7. The SMILES string of the molecule is COCCn1cc(Nc2ccc(S(C)(=O)=O)cc2S(C)(=O)=O)cn1. The van der Waals surface area contributed by atoms with Gasteiger partial charge < -0.3 is 10.1 Å². The van der Waals surface area contributed by atoms with Crippen LogP contribution in [-0.4, -0.2) is 52.8 Å². The standard InChI is InChI=1S/C14H19N3O5S2/c1-22-7-6-17-10-11(9-15-17)16-13-5-4-12(23(2,18)19)8-14(13)24(3,20)21/h4-5,8-10,16H,6-7H2,1-3H3. The van der Waals surface area contributed by atoms with Crippen LogP contribution in [0.2, 0.25) is 0 Å². The average Bonchev–Trinajstić information content (AvgIpc) is 2.90. The van der Waals surface area contributed by atoms with E-state index < -0.39 is 19.7 Å². The molecule has 0 radical (unpaired) electrons. The van der Waals surface area contributed by atoms with Crippen molar-refractivity contribution in [3.63, 3.8) is 0 Å². The number of methoxy groups -OCH3 is 1. The van der Waals surface area contributed by atoms with E-state index >= 15 is 0 Å². The molecule has 1 heterocycles. The minimum Gasteiger partial charge on any atom is -0.383 e. The van der Waals surface area contributed by atoms with Crippen LogP contribution in [0, 0.1) is 0 Å². The van der Waals surface area contributed by atoms with E-state index in [9.17, 15) is 16.8 Å². The molecule has 0 spiro atoms. The van der Waals surface area contributed by atoms with Gasteiger partial charge in [0.1, 0.15) is 0 Å². The minimum absolute atomic E-state index is 0.0516. The Morgan fingerprint density at radius 3 is 2.46 bits per heavy atom. The van der Waals surface area contributed by atoms with Crippen LogP contribution in [-0.2, 0) is 31.0 Å². The Hall–Kier alpha value is -1.91. The fourth-order valence-electron chi connectivity index (χ4n) is 2.03. The molecule has 0 atom stereocenters. The zero-order valence-corrected chi connectivity index (χ0v) is 15.2. The highest BCUT2D eigenvalue weighted by molar-refractivity contribution is 7.91. The first kappa shape index (κ1) is 18.4. The quantitative estimate of drug-likeness (QED) is 0.774. The molecular formula is C14H19N3O5S2. The number of nitrogens with one attached hydrogen (secondary N) is 1. The van der Waals surface area contributed by atoms with Gasteiger partial charge in [-0.2, -0.15) is 5.10 Å². The summed E-state index contributed by atoms with van der Waals surface area (Å²) >= 11 is 0. The van der Waals surface area contributed by atoms with Gasteiger partial charge in [0.2, 0.25) is 0 Å². The minimum atomic E-state index is -3.62. The van der Waals surface area contributed by atoms with Gasteiger partial charge in [0, 0.05) is 25.8 Å². The number of hydrogen-bond acceptors (Lipinski definition) is 7. The zero-order chi connectivity index (χ0) is 18.0. The normalized spacial score (nSPS) is 12.3. The summed E-state index contributed by atoms with van der Waals surface area (Å²) in [6.45, 7) is 1.06. The third-order valence-corrected chi connectivity index (χ3v) is 5.46. The number of sulfone groups is 2. The lowest BCUT2D eigenvalue weighted by Crippen LogP contribution is -2.06. The Labute approximate surface area is 141 Å². The highest BCUT2D eigenvalue weighted by Crippen LogP contribution is 2.27. The Bertz CT molecular complexity index is 933. The third kappa shape index (κ3) is 4.56. The van der Waals surface area contributed by atoms with Crippen molar-refractivity contribution in [1.29, 1.82) is 0 Å². The summed E-state index contributed by atoms with van der Waals surface area (Å²) in [5.41, 5.74) is 0.874. The van der Waals surface area contributed by atoms with Crippen LogP contribution in [0.15, 0.2) is 40.4 Å². The second-order valence-corrected chi connectivity index (χ2v) is 9.31. The number of benzene rings is 1. The van der Waals surface area contributed by atoms with Crippen molar-refractivity contribution in [1.82, 2.24) is 9.78 Å². The third-order valence-electron chi connectivity index (χ3n) is 3.22. The lowest BCUT2D eigenvalue weighted by Gasteiger charge is -2.11. The molecule has 0 saturated carbocycles. The van der Waals surface area contributed by atoms with Crippen LogP contribution in [0.25, 0.3) is 0 Å². The van der Waals surface area contributed by atoms with Gasteiger partial charge in [-0.25, -0.2) is 16.8 Å². The maximum Gasteiger partial charge on any atom is 0.177 e. The van der Waals surface area contributed by atoms with E-state index in [2.05, 4.69) is 10.4 Å². The van der Waals surface area contributed by atoms with E-state index in [1.54, 1.807) is 24.2 Å². The lowest BCUT2D eigenvalue weighted by molar-refractivity contribution is 0.183. The molecule has 0 aliphatic rings. The van der Waals surface area contributed by atoms with Crippen LogP contribution in [0.5, 0.6) is 0 Å². The van der Waals surface area contributed by atoms with Crippen molar-refractivity contribution in [2.24, 2.45) is 0 Å². The summed E-state index contributed by atoms with van der Waals surface area (Å²) in [5.74, 6) is 0. The first-order valence-electron chi connectivity index (χ1n) is 6.94. The molecule has 1 aromatic carbocycles. The Balaban J connectivity index is 2.38. The predicted octanol–water partition coefficient (Wildman–Crippen LogP) is 1.08. The molecule has 0 bridgehead atoms. The van der Waals surface area contributed by atoms with Gasteiger partial charge in [-0.3, -0.25) is 4.68 Å². The molecule has 0 aliphatic heterocycles. The number of aromatic nitrogens is 2. The van der Waals surface area contributed by atoms with Gasteiger partial charge in [0.25, 0.3) is 0 Å². The smallest absolute Gasteiger partial charge is 0.177 e. The molecule has 0 fully saturated rings. The van der Waals surface area contributed by atoms with Crippen LogP contribution < -0.4 is 5.32 Å². The highest BCUT2D eigenvalue weighted by Gasteiger charge is 2.18. The van der Waals surface area contributed by atoms with Crippen molar-refractivity contribution in [3.8, 4) is 0 Å². The maximum atomic E-state index is 12.0. The molecule has 2 aromatic rings. The summed E-state index contributed by atoms with van der Waals surface area (Å²) in [7, 11) is -5.53. The topological polar surface area (TPSA) is 107 Å². The maximum absolute atomic E-state index is 12.0. The second kappa shape index (κ2) is 6.91. The van der Waals surface area contributed by atoms with Crippen molar-refractivity contribution < 1.29 is 21.6 Å². The lowest BCUT2D eigenvalue weighted by atomic mass is 10.3. The molecule has 2 rings (SSSR count). The first-order chi connectivity index (χ1) is 11.1. The van der Waals surface area contributed by atoms with Crippen molar-refractivity contribution >= 4 is 31.0 Å². The molecule has 0 amide bonds. The van der Waals surface area contributed by atoms with Crippen LogP contribution in [0.3, 0.4) is 0 Å². The van der Waals surface area contributed by atoms with Crippen molar-refractivity contribution in [3.05, 3.63) is 30.6 Å². The van der Waals surface area contributed by atoms with Gasteiger partial charge in [0.05, 0.1) is 40.5 Å². The fourth-order valence-corrected chi connectivity index (χ4v) is 3.62. The summed E-state index contributed by atoms with van der Waals surface area (Å²) in [6, 6.07) is 3.95. The summed E-state index contributed by atoms with van der Waals surface area (Å²) in [4.78, 5) is -0.140. The number of ether oxygens (including phenoxy) is 1. The van der Waals surface area contributed by atoms with E-state index in [0.29, 0.717) is 18.8 Å². The molecule has 0 aliphatic carbocycles. The number of anilines is 2. The molecule has 0 saturated heterocycles. The van der Waals surface area contributed by atoms with E-state index in [-0.39, 0.29) is 15.5 Å².